The fourth-order valence-corrected chi connectivity index (χ4v) is 1.66. The van der Waals surface area contributed by atoms with E-state index in [-0.39, 0.29) is 25.0 Å². The number of carbonyl (C=O) groups excluding carboxylic acids is 1. The summed E-state index contributed by atoms with van der Waals surface area (Å²) in [6, 6.07) is 3.35. The highest BCUT2D eigenvalue weighted by Crippen LogP contribution is 2.02. The highest BCUT2D eigenvalue weighted by atomic mass is 16.4. The molecule has 0 bridgehead atoms. The summed E-state index contributed by atoms with van der Waals surface area (Å²) in [5, 5.41) is 11.4. The van der Waals surface area contributed by atoms with E-state index < -0.39 is 5.97 Å². The molecule has 1 aromatic heterocycles. The molecule has 0 saturated carbocycles. The minimum absolute atomic E-state index is 0.0389. The van der Waals surface area contributed by atoms with Gasteiger partial charge in [0.25, 0.3) is 0 Å². The number of hydrogen-bond donors (Lipinski definition) is 2. The maximum atomic E-state index is 11.9. The van der Waals surface area contributed by atoms with E-state index in [1.54, 1.807) is 12.3 Å². The van der Waals surface area contributed by atoms with Crippen LogP contribution in [0.2, 0.25) is 0 Å². The third-order valence-electron chi connectivity index (χ3n) is 2.68. The number of urea groups is 1. The Morgan fingerprint density at radius 2 is 2.21 bits per heavy atom. The van der Waals surface area contributed by atoms with Gasteiger partial charge >= 0.3 is 12.0 Å². The Balaban J connectivity index is 2.36. The summed E-state index contributed by atoms with van der Waals surface area (Å²) in [5.41, 5.74) is 0. The number of hydrogen-bond acceptors (Lipinski definition) is 3. The molecule has 0 spiro atoms. The summed E-state index contributed by atoms with van der Waals surface area (Å²) in [4.78, 5) is 24.0. The van der Waals surface area contributed by atoms with Crippen LogP contribution >= 0.6 is 0 Å². The molecular formula is C13H20N2O4. The highest BCUT2D eigenvalue weighted by molar-refractivity contribution is 5.75. The number of nitrogens with one attached hydrogen (secondary N) is 1. The highest BCUT2D eigenvalue weighted by Gasteiger charge is 2.17. The van der Waals surface area contributed by atoms with E-state index in [9.17, 15) is 9.59 Å². The van der Waals surface area contributed by atoms with Gasteiger partial charge in [0, 0.05) is 25.6 Å². The molecule has 2 N–H and O–H groups in total. The van der Waals surface area contributed by atoms with Gasteiger partial charge in [-0.3, -0.25) is 4.79 Å². The van der Waals surface area contributed by atoms with Crippen molar-refractivity contribution in [2.45, 2.75) is 32.7 Å². The first-order chi connectivity index (χ1) is 9.00. The molecule has 0 saturated heterocycles. The van der Waals surface area contributed by atoms with Crippen LogP contribution in [-0.2, 0) is 11.2 Å². The molecule has 2 amide bonds. The van der Waals surface area contributed by atoms with Crippen molar-refractivity contribution in [3.63, 3.8) is 0 Å². The van der Waals surface area contributed by atoms with Crippen molar-refractivity contribution in [2.24, 2.45) is 0 Å². The predicted molar refractivity (Wildman–Crippen MR) is 69.9 cm³/mol. The van der Waals surface area contributed by atoms with Crippen LogP contribution in [0.5, 0.6) is 0 Å². The van der Waals surface area contributed by atoms with Crippen molar-refractivity contribution in [3.8, 4) is 0 Å². The average molecular weight is 268 g/mol. The third kappa shape index (κ3) is 5.46. The minimum Gasteiger partial charge on any atom is -0.481 e. The molecule has 1 rings (SSSR count). The van der Waals surface area contributed by atoms with Crippen LogP contribution in [0.1, 0.15) is 26.0 Å². The maximum Gasteiger partial charge on any atom is 0.317 e. The zero-order valence-electron chi connectivity index (χ0n) is 11.3. The molecule has 0 atom stereocenters. The quantitative estimate of drug-likeness (QED) is 0.788. The Bertz CT molecular complexity index is 401. The first-order valence-corrected chi connectivity index (χ1v) is 6.29. The van der Waals surface area contributed by atoms with Gasteiger partial charge in [0.05, 0.1) is 12.7 Å². The second kappa shape index (κ2) is 7.45. The lowest BCUT2D eigenvalue weighted by Crippen LogP contribution is -2.45. The number of furan rings is 1. The topological polar surface area (TPSA) is 82.8 Å². The van der Waals surface area contributed by atoms with Crippen LogP contribution < -0.4 is 5.32 Å². The normalized spacial score (nSPS) is 10.5. The Morgan fingerprint density at radius 1 is 1.47 bits per heavy atom. The Morgan fingerprint density at radius 3 is 2.74 bits per heavy atom. The summed E-state index contributed by atoms with van der Waals surface area (Å²) < 4.78 is 5.16. The Hall–Kier alpha value is -1.98. The number of carbonyl (C=O) groups is 2. The van der Waals surface area contributed by atoms with E-state index in [4.69, 9.17) is 9.52 Å². The van der Waals surface area contributed by atoms with E-state index in [0.29, 0.717) is 13.0 Å². The SMILES string of the molecule is CC(C)N(CCC(=O)O)C(=O)NCCc1ccco1. The van der Waals surface area contributed by atoms with Crippen LogP contribution in [0.4, 0.5) is 4.79 Å². The van der Waals surface area contributed by atoms with Crippen molar-refractivity contribution >= 4 is 12.0 Å². The number of aliphatic carboxylic acids is 1. The van der Waals surface area contributed by atoms with Gasteiger partial charge in [0.1, 0.15) is 5.76 Å². The average Bonchev–Trinajstić information content (AvgIpc) is 2.81. The monoisotopic (exact) mass is 268 g/mol. The summed E-state index contributed by atoms with van der Waals surface area (Å²) in [7, 11) is 0. The van der Waals surface area contributed by atoms with Gasteiger partial charge in [-0.2, -0.15) is 0 Å². The van der Waals surface area contributed by atoms with Crippen molar-refractivity contribution in [3.05, 3.63) is 24.2 Å². The van der Waals surface area contributed by atoms with E-state index in [0.717, 1.165) is 5.76 Å². The van der Waals surface area contributed by atoms with Crippen LogP contribution in [-0.4, -0.2) is 41.1 Å². The number of carboxylic acids is 1. The zero-order chi connectivity index (χ0) is 14.3. The van der Waals surface area contributed by atoms with Crippen LogP contribution in [0.3, 0.4) is 0 Å². The third-order valence-corrected chi connectivity index (χ3v) is 2.68. The van der Waals surface area contributed by atoms with Crippen molar-refractivity contribution in [2.75, 3.05) is 13.1 Å². The van der Waals surface area contributed by atoms with E-state index in [1.165, 1.54) is 4.90 Å². The Labute approximate surface area is 112 Å². The van der Waals surface area contributed by atoms with Gasteiger partial charge in [-0.05, 0) is 26.0 Å². The zero-order valence-corrected chi connectivity index (χ0v) is 11.3. The van der Waals surface area contributed by atoms with E-state index in [1.807, 2.05) is 19.9 Å². The molecule has 6 heteroatoms. The molecule has 0 unspecified atom stereocenters. The number of nitrogens with zero attached hydrogens (tertiary/aromatic N) is 1. The van der Waals surface area contributed by atoms with Crippen molar-refractivity contribution in [1.29, 1.82) is 0 Å². The fourth-order valence-electron chi connectivity index (χ4n) is 1.66. The van der Waals surface area contributed by atoms with Crippen LogP contribution in [0.15, 0.2) is 22.8 Å². The first-order valence-electron chi connectivity index (χ1n) is 6.29. The first kappa shape index (κ1) is 15.1. The van der Waals surface area contributed by atoms with E-state index in [2.05, 4.69) is 5.32 Å². The van der Waals surface area contributed by atoms with Gasteiger partial charge in [-0.1, -0.05) is 0 Å². The summed E-state index contributed by atoms with van der Waals surface area (Å²) in [5.74, 6) is -0.101. The van der Waals surface area contributed by atoms with Gasteiger partial charge in [-0.25, -0.2) is 4.79 Å². The molecule has 1 aromatic rings. The standard InChI is InChI=1S/C13H20N2O4/c1-10(2)15(8-6-12(16)17)13(18)14-7-5-11-4-3-9-19-11/h3-4,9-10H,5-8H2,1-2H3,(H,14,18)(H,16,17). The molecule has 0 aliphatic heterocycles. The maximum absolute atomic E-state index is 11.9. The lowest BCUT2D eigenvalue weighted by atomic mass is 10.3. The van der Waals surface area contributed by atoms with Gasteiger partial charge < -0.3 is 19.7 Å². The Kier molecular flexibility index (Phi) is 5.92. The number of amides is 2. The lowest BCUT2D eigenvalue weighted by Gasteiger charge is -2.26. The predicted octanol–water partition coefficient (Wildman–Crippen LogP) is 1.72. The molecule has 1 heterocycles. The summed E-state index contributed by atoms with van der Waals surface area (Å²) >= 11 is 0. The summed E-state index contributed by atoms with van der Waals surface area (Å²) in [6.45, 7) is 4.38. The minimum atomic E-state index is -0.908. The molecular weight excluding hydrogens is 248 g/mol. The second-order valence-electron chi connectivity index (χ2n) is 4.49. The molecule has 0 aliphatic rings. The van der Waals surface area contributed by atoms with Crippen LogP contribution in [0, 0.1) is 0 Å². The molecule has 6 nitrogen and oxygen atoms in total. The molecule has 0 fully saturated rings. The van der Waals surface area contributed by atoms with Gasteiger partial charge in [0.2, 0.25) is 0 Å². The fraction of sp³-hybridized carbons (Fsp3) is 0.538. The van der Waals surface area contributed by atoms with E-state index >= 15 is 0 Å². The van der Waals surface area contributed by atoms with Gasteiger partial charge in [0.15, 0.2) is 0 Å². The molecule has 106 valence electrons. The lowest BCUT2D eigenvalue weighted by molar-refractivity contribution is -0.137. The smallest absolute Gasteiger partial charge is 0.317 e. The number of rotatable bonds is 7. The largest absolute Gasteiger partial charge is 0.481 e. The van der Waals surface area contributed by atoms with Crippen molar-refractivity contribution in [1.82, 2.24) is 10.2 Å². The summed E-state index contributed by atoms with van der Waals surface area (Å²) in [6.07, 6.45) is 2.15. The molecule has 0 aliphatic carbocycles. The van der Waals surface area contributed by atoms with Gasteiger partial charge in [-0.15, -0.1) is 0 Å². The molecule has 0 aromatic carbocycles. The second-order valence-corrected chi connectivity index (χ2v) is 4.49. The molecule has 19 heavy (non-hydrogen) atoms. The molecule has 0 radical (unpaired) electrons. The van der Waals surface area contributed by atoms with Crippen LogP contribution in [0.25, 0.3) is 0 Å². The number of carboxylic acid groups (broad SMARTS) is 1. The van der Waals surface area contributed by atoms with Crippen molar-refractivity contribution < 1.29 is 19.1 Å².